The fourth-order valence-electron chi connectivity index (χ4n) is 4.41. The highest BCUT2D eigenvalue weighted by atomic mass is 16.5. The standard InChI is InChI=1S/C27H24N6O2/c1-34-23-14-20-22(15-24(23)35-2)30-27(28-13-12-18-16-29-21-11-7-6-10-19(18)21)33-26(20)31-25(32-33)17-8-4-3-5-9-17/h3-11,14-16,29H,12-13H2,1-2H3,(H,28,30). The minimum Gasteiger partial charge on any atom is -0.493 e. The molecule has 0 atom stereocenters. The van der Waals surface area contributed by atoms with Gasteiger partial charge in [0, 0.05) is 40.7 Å². The second-order valence-electron chi connectivity index (χ2n) is 8.23. The van der Waals surface area contributed by atoms with Gasteiger partial charge >= 0.3 is 0 Å². The third-order valence-electron chi connectivity index (χ3n) is 6.16. The SMILES string of the molecule is COc1cc2nc(NCCc3c[nH]c4ccccc34)n3nc(-c4ccccc4)nc3c2cc1OC. The number of methoxy groups -OCH3 is 2. The molecule has 35 heavy (non-hydrogen) atoms. The topological polar surface area (TPSA) is 89.4 Å². The number of anilines is 1. The van der Waals surface area contributed by atoms with Gasteiger partial charge in [0.25, 0.3) is 0 Å². The van der Waals surface area contributed by atoms with Crippen molar-refractivity contribution in [1.82, 2.24) is 24.6 Å². The van der Waals surface area contributed by atoms with Crippen molar-refractivity contribution in [2.24, 2.45) is 0 Å². The van der Waals surface area contributed by atoms with Gasteiger partial charge in [-0.3, -0.25) is 0 Å². The molecule has 0 saturated heterocycles. The highest BCUT2D eigenvalue weighted by Crippen LogP contribution is 2.34. The van der Waals surface area contributed by atoms with Crippen molar-refractivity contribution in [3.05, 3.63) is 78.5 Å². The number of fused-ring (bicyclic) bond motifs is 4. The second-order valence-corrected chi connectivity index (χ2v) is 8.23. The van der Waals surface area contributed by atoms with E-state index in [1.807, 2.05) is 48.5 Å². The fraction of sp³-hybridized carbons (Fsp3) is 0.148. The average Bonchev–Trinajstić information content (AvgIpc) is 3.54. The van der Waals surface area contributed by atoms with Gasteiger partial charge in [0.05, 0.1) is 19.7 Å². The number of nitrogens with one attached hydrogen (secondary N) is 2. The summed E-state index contributed by atoms with van der Waals surface area (Å²) in [6, 6.07) is 22.0. The van der Waals surface area contributed by atoms with Gasteiger partial charge in [-0.1, -0.05) is 48.5 Å². The summed E-state index contributed by atoms with van der Waals surface area (Å²) < 4.78 is 12.8. The number of rotatable bonds is 7. The van der Waals surface area contributed by atoms with Crippen molar-refractivity contribution >= 4 is 33.4 Å². The van der Waals surface area contributed by atoms with E-state index in [0.29, 0.717) is 35.5 Å². The molecular formula is C27H24N6O2. The van der Waals surface area contributed by atoms with Crippen molar-refractivity contribution in [3.8, 4) is 22.9 Å². The van der Waals surface area contributed by atoms with E-state index in [-0.39, 0.29) is 0 Å². The van der Waals surface area contributed by atoms with E-state index < -0.39 is 0 Å². The zero-order chi connectivity index (χ0) is 23.8. The number of hydrogen-bond acceptors (Lipinski definition) is 6. The lowest BCUT2D eigenvalue weighted by atomic mass is 10.1. The third-order valence-corrected chi connectivity index (χ3v) is 6.16. The molecular weight excluding hydrogens is 440 g/mol. The first-order valence-electron chi connectivity index (χ1n) is 11.4. The number of nitrogens with zero attached hydrogens (tertiary/aromatic N) is 4. The molecule has 8 heteroatoms. The van der Waals surface area contributed by atoms with Crippen LogP contribution in [0.4, 0.5) is 5.95 Å². The number of benzene rings is 3. The van der Waals surface area contributed by atoms with Crippen LogP contribution in [-0.2, 0) is 6.42 Å². The van der Waals surface area contributed by atoms with Crippen LogP contribution in [0.15, 0.2) is 72.9 Å². The summed E-state index contributed by atoms with van der Waals surface area (Å²) in [6.07, 6.45) is 2.90. The van der Waals surface area contributed by atoms with Crippen molar-refractivity contribution in [2.45, 2.75) is 6.42 Å². The van der Waals surface area contributed by atoms with Crippen LogP contribution < -0.4 is 14.8 Å². The monoisotopic (exact) mass is 464 g/mol. The van der Waals surface area contributed by atoms with Crippen molar-refractivity contribution in [2.75, 3.05) is 26.1 Å². The highest BCUT2D eigenvalue weighted by molar-refractivity contribution is 5.95. The Morgan fingerprint density at radius 2 is 1.66 bits per heavy atom. The molecule has 3 aromatic heterocycles. The molecule has 0 amide bonds. The minimum atomic E-state index is 0.615. The lowest BCUT2D eigenvalue weighted by Gasteiger charge is -2.12. The Kier molecular flexibility index (Phi) is 5.18. The lowest BCUT2D eigenvalue weighted by molar-refractivity contribution is 0.356. The van der Waals surface area contributed by atoms with Gasteiger partial charge in [0.1, 0.15) is 0 Å². The summed E-state index contributed by atoms with van der Waals surface area (Å²) in [4.78, 5) is 13.1. The minimum absolute atomic E-state index is 0.615. The van der Waals surface area contributed by atoms with Crippen LogP contribution in [0.2, 0.25) is 0 Å². The van der Waals surface area contributed by atoms with Gasteiger partial charge in [0.15, 0.2) is 23.0 Å². The number of hydrogen-bond donors (Lipinski definition) is 2. The number of aromatic amines is 1. The van der Waals surface area contributed by atoms with Crippen LogP contribution >= 0.6 is 0 Å². The fourth-order valence-corrected chi connectivity index (χ4v) is 4.41. The highest BCUT2D eigenvalue weighted by Gasteiger charge is 2.17. The molecule has 0 spiro atoms. The summed E-state index contributed by atoms with van der Waals surface area (Å²) >= 11 is 0. The lowest BCUT2D eigenvalue weighted by Crippen LogP contribution is -2.11. The van der Waals surface area contributed by atoms with Gasteiger partial charge in [-0.05, 0) is 24.1 Å². The molecule has 0 aliphatic carbocycles. The third kappa shape index (κ3) is 3.69. The van der Waals surface area contributed by atoms with Crippen LogP contribution in [0.3, 0.4) is 0 Å². The maximum atomic E-state index is 5.53. The molecule has 6 rings (SSSR count). The maximum absolute atomic E-state index is 5.53. The maximum Gasteiger partial charge on any atom is 0.226 e. The Labute approximate surface area is 201 Å². The zero-order valence-electron chi connectivity index (χ0n) is 19.4. The van der Waals surface area contributed by atoms with E-state index in [0.717, 1.165) is 28.4 Å². The molecule has 0 saturated carbocycles. The first kappa shape index (κ1) is 21.0. The van der Waals surface area contributed by atoms with Crippen LogP contribution in [0.5, 0.6) is 11.5 Å². The predicted octanol–water partition coefficient (Wildman–Crippen LogP) is 5.10. The zero-order valence-corrected chi connectivity index (χ0v) is 19.4. The Morgan fingerprint density at radius 3 is 2.49 bits per heavy atom. The molecule has 0 aliphatic rings. The Morgan fingerprint density at radius 1 is 0.886 bits per heavy atom. The molecule has 3 aromatic carbocycles. The average molecular weight is 465 g/mol. The summed E-state index contributed by atoms with van der Waals surface area (Å²) in [7, 11) is 3.24. The summed E-state index contributed by atoms with van der Waals surface area (Å²) in [5.41, 5.74) is 4.77. The largest absolute Gasteiger partial charge is 0.493 e. The van der Waals surface area contributed by atoms with Crippen LogP contribution in [0.1, 0.15) is 5.56 Å². The number of ether oxygens (including phenoxy) is 2. The van der Waals surface area contributed by atoms with Crippen molar-refractivity contribution in [3.63, 3.8) is 0 Å². The first-order valence-corrected chi connectivity index (χ1v) is 11.4. The Balaban J connectivity index is 1.43. The van der Waals surface area contributed by atoms with Crippen LogP contribution in [0.25, 0.3) is 38.8 Å². The van der Waals surface area contributed by atoms with Crippen LogP contribution in [0, 0.1) is 0 Å². The van der Waals surface area contributed by atoms with E-state index >= 15 is 0 Å². The Hall–Kier alpha value is -4.59. The normalized spacial score (nSPS) is 11.4. The Bertz CT molecular complexity index is 1660. The number of para-hydroxylation sites is 1. The molecule has 0 radical (unpaired) electrons. The van der Waals surface area contributed by atoms with Crippen molar-refractivity contribution < 1.29 is 9.47 Å². The van der Waals surface area contributed by atoms with E-state index in [4.69, 9.17) is 24.5 Å². The van der Waals surface area contributed by atoms with Gasteiger partial charge < -0.3 is 19.8 Å². The van der Waals surface area contributed by atoms with E-state index in [2.05, 4.69) is 34.7 Å². The van der Waals surface area contributed by atoms with E-state index in [1.54, 1.807) is 18.7 Å². The van der Waals surface area contributed by atoms with Crippen molar-refractivity contribution in [1.29, 1.82) is 0 Å². The molecule has 8 nitrogen and oxygen atoms in total. The molecule has 2 N–H and O–H groups in total. The van der Waals surface area contributed by atoms with Gasteiger partial charge in [-0.15, -0.1) is 5.10 Å². The van der Waals surface area contributed by atoms with E-state index in [1.165, 1.54) is 10.9 Å². The number of H-pyrrole nitrogens is 1. The molecule has 0 fully saturated rings. The van der Waals surface area contributed by atoms with Crippen LogP contribution in [-0.4, -0.2) is 45.3 Å². The quantitative estimate of drug-likeness (QED) is 0.342. The predicted molar refractivity (Wildman–Crippen MR) is 137 cm³/mol. The first-order chi connectivity index (χ1) is 17.2. The molecule has 174 valence electrons. The van der Waals surface area contributed by atoms with Gasteiger partial charge in [0.2, 0.25) is 5.95 Å². The molecule has 0 bridgehead atoms. The number of aromatic nitrogens is 5. The van der Waals surface area contributed by atoms with Gasteiger partial charge in [-0.25, -0.2) is 9.97 Å². The summed E-state index contributed by atoms with van der Waals surface area (Å²) in [5, 5.41) is 10.3. The van der Waals surface area contributed by atoms with Gasteiger partial charge in [-0.2, -0.15) is 4.52 Å². The van der Waals surface area contributed by atoms with E-state index in [9.17, 15) is 0 Å². The molecule has 0 unspecified atom stereocenters. The molecule has 6 aromatic rings. The smallest absolute Gasteiger partial charge is 0.226 e. The summed E-state index contributed by atoms with van der Waals surface area (Å²) in [6.45, 7) is 0.684. The summed E-state index contributed by atoms with van der Waals surface area (Å²) in [5.74, 6) is 2.49. The second kappa shape index (κ2) is 8.64. The molecule has 0 aliphatic heterocycles. The molecule has 3 heterocycles.